The summed E-state index contributed by atoms with van der Waals surface area (Å²) in [6.45, 7) is 5.64. The third-order valence-electron chi connectivity index (χ3n) is 5.32. The number of ether oxygens (including phenoxy) is 4. The molecule has 0 radical (unpaired) electrons. The number of anilines is 2. The van der Waals surface area contributed by atoms with Gasteiger partial charge in [-0.25, -0.2) is 4.79 Å². The molecule has 184 valence electrons. The van der Waals surface area contributed by atoms with Gasteiger partial charge in [0, 0.05) is 36.8 Å². The van der Waals surface area contributed by atoms with Gasteiger partial charge in [-0.3, -0.25) is 4.79 Å². The highest BCUT2D eigenvalue weighted by atomic mass is 16.5. The Kier molecular flexibility index (Phi) is 10.3. The molecule has 0 atom stereocenters. The second-order valence-electron chi connectivity index (χ2n) is 7.42. The quantitative estimate of drug-likeness (QED) is 0.277. The Hall–Kier alpha value is -3.68. The van der Waals surface area contributed by atoms with E-state index in [9.17, 15) is 9.59 Å². The van der Waals surface area contributed by atoms with Crippen molar-refractivity contribution in [2.45, 2.75) is 26.7 Å². The van der Waals surface area contributed by atoms with Crippen LogP contribution in [0.3, 0.4) is 0 Å². The second kappa shape index (κ2) is 13.1. The van der Waals surface area contributed by atoms with Gasteiger partial charge in [-0.2, -0.15) is 0 Å². The van der Waals surface area contributed by atoms with Crippen molar-refractivity contribution in [1.82, 2.24) is 0 Å². The van der Waals surface area contributed by atoms with Crippen LogP contribution in [0.25, 0.3) is 12.2 Å². The van der Waals surface area contributed by atoms with Crippen molar-refractivity contribution in [1.29, 1.82) is 0 Å². The van der Waals surface area contributed by atoms with Crippen molar-refractivity contribution in [2.24, 2.45) is 0 Å². The number of nitrogens with zero attached hydrogens (tertiary/aromatic N) is 1. The van der Waals surface area contributed by atoms with Crippen LogP contribution < -0.4 is 20.1 Å². The summed E-state index contributed by atoms with van der Waals surface area (Å²) in [4.78, 5) is 25.5. The van der Waals surface area contributed by atoms with E-state index in [1.165, 1.54) is 7.11 Å². The molecule has 0 aliphatic carbocycles. The van der Waals surface area contributed by atoms with Gasteiger partial charge in [-0.05, 0) is 44.0 Å². The van der Waals surface area contributed by atoms with Crippen molar-refractivity contribution < 1.29 is 28.5 Å². The average Bonchev–Trinajstić information content (AvgIpc) is 2.85. The molecule has 2 aromatic rings. The molecule has 0 unspecified atom stereocenters. The van der Waals surface area contributed by atoms with E-state index in [2.05, 4.69) is 4.90 Å². The first-order valence-electron chi connectivity index (χ1n) is 11.2. The maximum Gasteiger partial charge on any atom is 0.337 e. The lowest BCUT2D eigenvalue weighted by Gasteiger charge is -2.26. The zero-order valence-corrected chi connectivity index (χ0v) is 20.6. The van der Waals surface area contributed by atoms with E-state index in [0.717, 1.165) is 23.4 Å². The molecule has 0 spiro atoms. The molecule has 8 nitrogen and oxygen atoms in total. The molecule has 0 aromatic heterocycles. The fraction of sp³-hybridized carbons (Fsp3) is 0.385. The third-order valence-corrected chi connectivity index (χ3v) is 5.32. The SMILES string of the molecule is CCOC(=O)CCCN(CC)c1cc(OC)c(/C=C/c2ccc(C(=O)OC)cc2N)cc1OC. The third kappa shape index (κ3) is 6.91. The van der Waals surface area contributed by atoms with Gasteiger partial charge < -0.3 is 29.6 Å². The minimum atomic E-state index is -0.438. The highest BCUT2D eigenvalue weighted by Crippen LogP contribution is 2.37. The zero-order chi connectivity index (χ0) is 25.1. The summed E-state index contributed by atoms with van der Waals surface area (Å²) in [5.41, 5.74) is 9.41. The topological polar surface area (TPSA) is 100 Å². The van der Waals surface area contributed by atoms with E-state index < -0.39 is 5.97 Å². The Morgan fingerprint density at radius 1 is 0.971 bits per heavy atom. The van der Waals surface area contributed by atoms with Crippen LogP contribution in [0.5, 0.6) is 11.5 Å². The Balaban J connectivity index is 2.28. The smallest absolute Gasteiger partial charge is 0.337 e. The molecule has 2 N–H and O–H groups in total. The molecule has 0 heterocycles. The number of nitrogen functional groups attached to an aromatic ring is 1. The molecule has 8 heteroatoms. The molecule has 0 saturated heterocycles. The summed E-state index contributed by atoms with van der Waals surface area (Å²) in [7, 11) is 4.56. The number of hydrogen-bond donors (Lipinski definition) is 1. The standard InChI is InChI=1S/C26H34N2O6/c1-6-28(14-8-9-25(29)34-7-2)22-17-23(31-3)19(16-24(22)32-4)12-10-18-11-13-20(15-21(18)27)26(30)33-5/h10-13,15-17H,6-9,14,27H2,1-5H3/b12-10+. The summed E-state index contributed by atoms with van der Waals surface area (Å²) >= 11 is 0. The molecule has 2 rings (SSSR count). The molecule has 0 aliphatic rings. The Morgan fingerprint density at radius 2 is 1.68 bits per heavy atom. The van der Waals surface area contributed by atoms with Gasteiger partial charge in [0.1, 0.15) is 11.5 Å². The molecule has 2 aromatic carbocycles. The number of nitrogens with two attached hydrogens (primary N) is 1. The van der Waals surface area contributed by atoms with E-state index in [0.29, 0.717) is 48.7 Å². The van der Waals surface area contributed by atoms with Gasteiger partial charge in [-0.15, -0.1) is 0 Å². The lowest BCUT2D eigenvalue weighted by atomic mass is 10.1. The van der Waals surface area contributed by atoms with E-state index in [1.54, 1.807) is 39.3 Å². The highest BCUT2D eigenvalue weighted by molar-refractivity contribution is 5.92. The first-order chi connectivity index (χ1) is 16.4. The van der Waals surface area contributed by atoms with Crippen molar-refractivity contribution in [3.05, 3.63) is 47.0 Å². The largest absolute Gasteiger partial charge is 0.496 e. The highest BCUT2D eigenvalue weighted by Gasteiger charge is 2.16. The van der Waals surface area contributed by atoms with Crippen molar-refractivity contribution in [3.63, 3.8) is 0 Å². The summed E-state index contributed by atoms with van der Waals surface area (Å²) in [6, 6.07) is 8.84. The van der Waals surface area contributed by atoms with Gasteiger partial charge >= 0.3 is 11.9 Å². The Bertz CT molecular complexity index is 1020. The molecule has 0 fully saturated rings. The maximum absolute atomic E-state index is 11.7. The van der Waals surface area contributed by atoms with Crippen LogP contribution in [0.1, 0.15) is 48.2 Å². The van der Waals surface area contributed by atoms with E-state index in [4.69, 9.17) is 24.7 Å². The normalized spacial score (nSPS) is 10.7. The monoisotopic (exact) mass is 470 g/mol. The first kappa shape index (κ1) is 26.6. The predicted molar refractivity (Wildman–Crippen MR) is 134 cm³/mol. The molecule has 0 amide bonds. The summed E-state index contributed by atoms with van der Waals surface area (Å²) in [5, 5.41) is 0. The van der Waals surface area contributed by atoms with Crippen molar-refractivity contribution in [3.8, 4) is 11.5 Å². The molecule has 34 heavy (non-hydrogen) atoms. The van der Waals surface area contributed by atoms with E-state index in [1.807, 2.05) is 31.2 Å². The fourth-order valence-corrected chi connectivity index (χ4v) is 3.53. The fourth-order valence-electron chi connectivity index (χ4n) is 3.53. The van der Waals surface area contributed by atoms with Gasteiger partial charge in [0.2, 0.25) is 0 Å². The Labute approximate surface area is 201 Å². The van der Waals surface area contributed by atoms with Crippen LogP contribution in [0.2, 0.25) is 0 Å². The lowest BCUT2D eigenvalue weighted by molar-refractivity contribution is -0.143. The van der Waals surface area contributed by atoms with Gasteiger partial charge in [0.05, 0.1) is 39.2 Å². The first-order valence-corrected chi connectivity index (χ1v) is 11.2. The van der Waals surface area contributed by atoms with Crippen LogP contribution in [-0.4, -0.2) is 53.0 Å². The summed E-state index contributed by atoms with van der Waals surface area (Å²) in [6.07, 6.45) is 4.76. The number of carbonyl (C=O) groups excluding carboxylic acids is 2. The second-order valence-corrected chi connectivity index (χ2v) is 7.42. The van der Waals surface area contributed by atoms with E-state index >= 15 is 0 Å². The number of benzene rings is 2. The van der Waals surface area contributed by atoms with E-state index in [-0.39, 0.29) is 5.97 Å². The minimum Gasteiger partial charge on any atom is -0.496 e. The van der Waals surface area contributed by atoms with Crippen molar-refractivity contribution >= 4 is 35.5 Å². The number of rotatable bonds is 12. The molecular weight excluding hydrogens is 436 g/mol. The minimum absolute atomic E-state index is 0.192. The zero-order valence-electron chi connectivity index (χ0n) is 20.6. The lowest BCUT2D eigenvalue weighted by Crippen LogP contribution is -2.25. The molecular formula is C26H34N2O6. The molecule has 0 bridgehead atoms. The maximum atomic E-state index is 11.7. The van der Waals surface area contributed by atoms with Crippen molar-refractivity contribution in [2.75, 3.05) is 51.7 Å². The molecule has 0 aliphatic heterocycles. The summed E-state index contributed by atoms with van der Waals surface area (Å²) in [5.74, 6) is 0.725. The van der Waals surface area contributed by atoms with Crippen LogP contribution in [0.4, 0.5) is 11.4 Å². The Morgan fingerprint density at radius 3 is 2.26 bits per heavy atom. The summed E-state index contributed by atoms with van der Waals surface area (Å²) < 4.78 is 21.1. The van der Waals surface area contributed by atoms with Gasteiger partial charge in [0.25, 0.3) is 0 Å². The number of methoxy groups -OCH3 is 3. The van der Waals surface area contributed by atoms with Gasteiger partial charge in [-0.1, -0.05) is 18.2 Å². The molecule has 0 saturated carbocycles. The predicted octanol–water partition coefficient (Wildman–Crippen LogP) is 4.41. The van der Waals surface area contributed by atoms with Crippen LogP contribution >= 0.6 is 0 Å². The van der Waals surface area contributed by atoms with Crippen LogP contribution in [-0.2, 0) is 14.3 Å². The average molecular weight is 471 g/mol. The number of carbonyl (C=O) groups is 2. The van der Waals surface area contributed by atoms with Gasteiger partial charge in [0.15, 0.2) is 0 Å². The number of hydrogen-bond acceptors (Lipinski definition) is 8. The number of esters is 2. The van der Waals surface area contributed by atoms with Crippen LogP contribution in [0, 0.1) is 0 Å². The van der Waals surface area contributed by atoms with Crippen LogP contribution in [0.15, 0.2) is 30.3 Å².